The third-order valence-corrected chi connectivity index (χ3v) is 1.81. The summed E-state index contributed by atoms with van der Waals surface area (Å²) in [7, 11) is 0. The summed E-state index contributed by atoms with van der Waals surface area (Å²) in [4.78, 5) is 21.8. The molecule has 106 valence electrons. The molecule has 0 aliphatic heterocycles. The number of rotatable bonds is 8. The van der Waals surface area contributed by atoms with Crippen molar-refractivity contribution < 1.29 is 33.3 Å². The summed E-state index contributed by atoms with van der Waals surface area (Å²) in [6.45, 7) is 0.314. The number of carboxylic acid groups (broad SMARTS) is 1. The zero-order valence-electron chi connectivity index (χ0n) is 9.73. The molecule has 0 aromatic heterocycles. The lowest BCUT2D eigenvalue weighted by Gasteiger charge is -2.17. The number of urea groups is 1. The van der Waals surface area contributed by atoms with Crippen molar-refractivity contribution in [1.29, 1.82) is 0 Å². The van der Waals surface area contributed by atoms with Crippen LogP contribution in [0, 0.1) is 0 Å². The van der Waals surface area contributed by atoms with E-state index in [9.17, 15) is 18.4 Å². The summed E-state index contributed by atoms with van der Waals surface area (Å²) < 4.78 is 27.8. The molecule has 0 saturated heterocycles. The SMILES string of the molecule is CC(O)C(NC(=O)NCCOCC(F)F)C(=O)O. The number of carbonyl (C=O) groups is 2. The van der Waals surface area contributed by atoms with Crippen LogP contribution < -0.4 is 10.6 Å². The van der Waals surface area contributed by atoms with Crippen molar-refractivity contribution in [3.63, 3.8) is 0 Å². The molecule has 0 aliphatic rings. The maximum atomic E-state index is 11.7. The van der Waals surface area contributed by atoms with Crippen LogP contribution in [0.1, 0.15) is 6.92 Å². The smallest absolute Gasteiger partial charge is 0.328 e. The number of halogens is 2. The Kier molecular flexibility index (Phi) is 7.88. The molecule has 2 unspecified atom stereocenters. The number of aliphatic carboxylic acids is 1. The van der Waals surface area contributed by atoms with Gasteiger partial charge in [-0.05, 0) is 6.92 Å². The van der Waals surface area contributed by atoms with Crippen LogP contribution in [0.4, 0.5) is 13.6 Å². The van der Waals surface area contributed by atoms with Gasteiger partial charge in [-0.25, -0.2) is 18.4 Å². The molecule has 0 aromatic carbocycles. The molecule has 2 atom stereocenters. The summed E-state index contributed by atoms with van der Waals surface area (Å²) in [5.74, 6) is -1.38. The van der Waals surface area contributed by atoms with E-state index in [1.807, 2.05) is 5.32 Å². The van der Waals surface area contributed by atoms with E-state index < -0.39 is 37.2 Å². The maximum Gasteiger partial charge on any atom is 0.328 e. The Balaban J connectivity index is 3.79. The van der Waals surface area contributed by atoms with E-state index in [1.54, 1.807) is 0 Å². The molecule has 0 heterocycles. The highest BCUT2D eigenvalue weighted by Crippen LogP contribution is 1.93. The van der Waals surface area contributed by atoms with Crippen LogP contribution in [0.2, 0.25) is 0 Å². The molecule has 2 amide bonds. The number of alkyl halides is 2. The molecule has 0 aliphatic carbocycles. The van der Waals surface area contributed by atoms with E-state index >= 15 is 0 Å². The minimum Gasteiger partial charge on any atom is -0.480 e. The van der Waals surface area contributed by atoms with Crippen molar-refractivity contribution in [3.8, 4) is 0 Å². The van der Waals surface area contributed by atoms with Crippen LogP contribution in [0.3, 0.4) is 0 Å². The fourth-order valence-electron chi connectivity index (χ4n) is 0.990. The number of aliphatic hydroxyl groups excluding tert-OH is 1. The highest BCUT2D eigenvalue weighted by molar-refractivity contribution is 5.82. The topological polar surface area (TPSA) is 108 Å². The molecule has 18 heavy (non-hydrogen) atoms. The van der Waals surface area contributed by atoms with E-state index in [2.05, 4.69) is 10.1 Å². The second-order valence-corrected chi connectivity index (χ2v) is 3.42. The third kappa shape index (κ3) is 7.74. The van der Waals surface area contributed by atoms with Gasteiger partial charge < -0.3 is 25.6 Å². The first kappa shape index (κ1) is 16.5. The van der Waals surface area contributed by atoms with Crippen LogP contribution >= 0.6 is 0 Å². The van der Waals surface area contributed by atoms with Crippen LogP contribution in [-0.4, -0.2) is 60.5 Å². The summed E-state index contributed by atoms with van der Waals surface area (Å²) in [5.41, 5.74) is 0. The number of carbonyl (C=O) groups excluding carboxylic acids is 1. The summed E-state index contributed by atoms with van der Waals surface area (Å²) in [6.07, 6.45) is -3.84. The Bertz CT molecular complexity index is 276. The quantitative estimate of drug-likeness (QED) is 0.441. The first-order valence-electron chi connectivity index (χ1n) is 5.15. The zero-order valence-corrected chi connectivity index (χ0v) is 9.73. The summed E-state index contributed by atoms with van der Waals surface area (Å²) >= 11 is 0. The molecule has 0 rings (SSSR count). The average Bonchev–Trinajstić information content (AvgIpc) is 2.24. The normalized spacial score (nSPS) is 14.1. The monoisotopic (exact) mass is 270 g/mol. The van der Waals surface area contributed by atoms with Gasteiger partial charge in [-0.1, -0.05) is 0 Å². The molecule has 7 nitrogen and oxygen atoms in total. The largest absolute Gasteiger partial charge is 0.480 e. The van der Waals surface area contributed by atoms with Crippen LogP contribution in [0.5, 0.6) is 0 Å². The fraction of sp³-hybridized carbons (Fsp3) is 0.778. The first-order chi connectivity index (χ1) is 8.34. The molecule has 0 aromatic rings. The summed E-state index contributed by atoms with van der Waals surface area (Å²) in [5, 5.41) is 21.9. The van der Waals surface area contributed by atoms with Crippen molar-refractivity contribution in [1.82, 2.24) is 10.6 Å². The zero-order chi connectivity index (χ0) is 14.1. The van der Waals surface area contributed by atoms with Crippen molar-refractivity contribution >= 4 is 12.0 Å². The molecule has 0 spiro atoms. The van der Waals surface area contributed by atoms with Crippen LogP contribution in [0.25, 0.3) is 0 Å². The first-order valence-corrected chi connectivity index (χ1v) is 5.15. The Labute approximate surface area is 102 Å². The van der Waals surface area contributed by atoms with E-state index in [0.29, 0.717) is 0 Å². The van der Waals surface area contributed by atoms with Gasteiger partial charge in [0.15, 0.2) is 6.04 Å². The minimum absolute atomic E-state index is 0.0509. The number of hydrogen-bond acceptors (Lipinski definition) is 4. The van der Waals surface area contributed by atoms with E-state index in [4.69, 9.17) is 10.2 Å². The molecule has 4 N–H and O–H groups in total. The predicted molar refractivity (Wildman–Crippen MR) is 56.5 cm³/mol. The van der Waals surface area contributed by atoms with Gasteiger partial charge in [0.1, 0.15) is 6.61 Å². The second kappa shape index (κ2) is 8.59. The van der Waals surface area contributed by atoms with Crippen molar-refractivity contribution in [2.45, 2.75) is 25.5 Å². The molecule has 0 saturated carbocycles. The maximum absolute atomic E-state index is 11.7. The lowest BCUT2D eigenvalue weighted by molar-refractivity contribution is -0.141. The van der Waals surface area contributed by atoms with Gasteiger partial charge in [0.25, 0.3) is 6.43 Å². The van der Waals surface area contributed by atoms with E-state index in [0.717, 1.165) is 0 Å². The fourth-order valence-corrected chi connectivity index (χ4v) is 0.990. The van der Waals surface area contributed by atoms with Gasteiger partial charge in [0.05, 0.1) is 12.7 Å². The number of hydrogen-bond donors (Lipinski definition) is 4. The highest BCUT2D eigenvalue weighted by Gasteiger charge is 2.24. The second-order valence-electron chi connectivity index (χ2n) is 3.42. The average molecular weight is 270 g/mol. The Hall–Kier alpha value is -1.48. The Morgan fingerprint density at radius 2 is 2.00 bits per heavy atom. The van der Waals surface area contributed by atoms with Gasteiger partial charge in [0.2, 0.25) is 0 Å². The predicted octanol–water partition coefficient (Wildman–Crippen LogP) is -0.599. The molecular formula is C9H16F2N2O5. The van der Waals surface area contributed by atoms with Crippen LogP contribution in [-0.2, 0) is 9.53 Å². The van der Waals surface area contributed by atoms with E-state index in [-0.39, 0.29) is 13.2 Å². The van der Waals surface area contributed by atoms with Gasteiger partial charge in [-0.15, -0.1) is 0 Å². The molecule has 9 heteroatoms. The van der Waals surface area contributed by atoms with Gasteiger partial charge in [0, 0.05) is 6.54 Å². The van der Waals surface area contributed by atoms with Crippen molar-refractivity contribution in [3.05, 3.63) is 0 Å². The standard InChI is InChI=1S/C9H16F2N2O5/c1-5(14)7(8(15)16)13-9(17)12-2-3-18-4-6(10)11/h5-7,14H,2-4H2,1H3,(H,15,16)(H2,12,13,17). The number of aliphatic hydroxyl groups is 1. The lowest BCUT2D eigenvalue weighted by Crippen LogP contribution is -2.51. The highest BCUT2D eigenvalue weighted by atomic mass is 19.3. The number of nitrogens with one attached hydrogen (secondary N) is 2. The Morgan fingerprint density at radius 1 is 1.39 bits per heavy atom. The Morgan fingerprint density at radius 3 is 2.44 bits per heavy atom. The minimum atomic E-state index is -2.58. The van der Waals surface area contributed by atoms with Gasteiger partial charge >= 0.3 is 12.0 Å². The third-order valence-electron chi connectivity index (χ3n) is 1.81. The molecule has 0 bridgehead atoms. The van der Waals surface area contributed by atoms with Gasteiger partial charge in [-0.3, -0.25) is 0 Å². The number of amides is 2. The summed E-state index contributed by atoms with van der Waals surface area (Å²) in [6, 6.07) is -2.27. The number of ether oxygens (including phenoxy) is 1. The van der Waals surface area contributed by atoms with Gasteiger partial charge in [-0.2, -0.15) is 0 Å². The van der Waals surface area contributed by atoms with E-state index in [1.165, 1.54) is 6.92 Å². The lowest BCUT2D eigenvalue weighted by atomic mass is 10.2. The molecule has 0 radical (unpaired) electrons. The van der Waals surface area contributed by atoms with Crippen molar-refractivity contribution in [2.24, 2.45) is 0 Å². The van der Waals surface area contributed by atoms with Crippen molar-refractivity contribution in [2.75, 3.05) is 19.8 Å². The number of carboxylic acids is 1. The molecular weight excluding hydrogens is 254 g/mol. The molecule has 0 fully saturated rings. The van der Waals surface area contributed by atoms with Crippen LogP contribution in [0.15, 0.2) is 0 Å².